The van der Waals surface area contributed by atoms with Crippen molar-refractivity contribution in [2.75, 3.05) is 11.9 Å². The molecule has 7 heteroatoms. The number of hydrogen-bond donors (Lipinski definition) is 1. The third kappa shape index (κ3) is 4.40. The third-order valence-corrected chi connectivity index (χ3v) is 6.51. The van der Waals surface area contributed by atoms with Crippen molar-refractivity contribution in [3.05, 3.63) is 86.8 Å². The Morgan fingerprint density at radius 3 is 2.63 bits per heavy atom. The first-order valence-electron chi connectivity index (χ1n) is 9.68. The molecule has 1 atom stereocenters. The number of nitrogens with zero attached hydrogens (tertiary/aromatic N) is 1. The van der Waals surface area contributed by atoms with Crippen LogP contribution in [-0.4, -0.2) is 23.3 Å². The van der Waals surface area contributed by atoms with Gasteiger partial charge in [0.15, 0.2) is 0 Å². The highest BCUT2D eigenvalue weighted by Crippen LogP contribution is 2.38. The van der Waals surface area contributed by atoms with Crippen LogP contribution in [0.15, 0.2) is 60.0 Å². The molecule has 0 radical (unpaired) electrons. The van der Waals surface area contributed by atoms with Crippen LogP contribution in [0, 0.1) is 5.82 Å². The lowest BCUT2D eigenvalue weighted by Gasteiger charge is -2.36. The van der Waals surface area contributed by atoms with Gasteiger partial charge in [-0.1, -0.05) is 35.9 Å². The largest absolute Gasteiger partial charge is 0.331 e. The first kappa shape index (κ1) is 20.6. The van der Waals surface area contributed by atoms with Crippen molar-refractivity contribution in [3.63, 3.8) is 0 Å². The highest BCUT2D eigenvalue weighted by Gasteiger charge is 2.32. The zero-order chi connectivity index (χ0) is 21.1. The van der Waals surface area contributed by atoms with E-state index >= 15 is 0 Å². The summed E-state index contributed by atoms with van der Waals surface area (Å²) < 4.78 is 13.4. The van der Waals surface area contributed by atoms with Crippen molar-refractivity contribution in [1.29, 1.82) is 0 Å². The van der Waals surface area contributed by atoms with E-state index in [1.54, 1.807) is 52.6 Å². The summed E-state index contributed by atoms with van der Waals surface area (Å²) in [5.41, 5.74) is 2.47. The number of amides is 2. The van der Waals surface area contributed by atoms with Crippen LogP contribution in [0.2, 0.25) is 5.02 Å². The number of carbonyl (C=O) groups is 2. The number of benzene rings is 2. The molecule has 0 saturated heterocycles. The number of halogens is 2. The number of rotatable bonds is 5. The lowest BCUT2D eigenvalue weighted by molar-refractivity contribution is -0.134. The van der Waals surface area contributed by atoms with Crippen LogP contribution in [-0.2, 0) is 16.0 Å². The molecule has 1 N–H and O–H groups in total. The van der Waals surface area contributed by atoms with E-state index in [0.29, 0.717) is 17.3 Å². The quantitative estimate of drug-likeness (QED) is 0.572. The Labute approximate surface area is 183 Å². The van der Waals surface area contributed by atoms with Crippen LogP contribution in [0.25, 0.3) is 0 Å². The van der Waals surface area contributed by atoms with E-state index in [0.717, 1.165) is 17.5 Å². The van der Waals surface area contributed by atoms with E-state index in [4.69, 9.17) is 11.6 Å². The first-order chi connectivity index (χ1) is 14.5. The summed E-state index contributed by atoms with van der Waals surface area (Å²) in [5, 5.41) is 5.22. The van der Waals surface area contributed by atoms with E-state index in [-0.39, 0.29) is 36.5 Å². The number of fused-ring (bicyclic) bond motifs is 1. The number of para-hydroxylation sites is 1. The first-order valence-corrected chi connectivity index (χ1v) is 10.9. The molecular formula is C23H20ClFN2O2S. The van der Waals surface area contributed by atoms with Crippen LogP contribution in [0.3, 0.4) is 0 Å². The average molecular weight is 443 g/mol. The predicted molar refractivity (Wildman–Crippen MR) is 117 cm³/mol. The second-order valence-corrected chi connectivity index (χ2v) is 8.53. The van der Waals surface area contributed by atoms with Crippen LogP contribution in [0.4, 0.5) is 10.1 Å². The van der Waals surface area contributed by atoms with Crippen molar-refractivity contribution in [1.82, 2.24) is 4.90 Å². The number of nitrogens with one attached hydrogen (secondary N) is 1. The maximum Gasteiger partial charge on any atom is 0.224 e. The molecule has 2 aromatic carbocycles. The smallest absolute Gasteiger partial charge is 0.224 e. The normalized spacial score (nSPS) is 15.5. The molecule has 2 heterocycles. The minimum Gasteiger partial charge on any atom is -0.331 e. The summed E-state index contributed by atoms with van der Waals surface area (Å²) in [7, 11) is 0. The molecule has 4 rings (SSSR count). The molecule has 154 valence electrons. The van der Waals surface area contributed by atoms with Gasteiger partial charge < -0.3 is 10.2 Å². The Morgan fingerprint density at radius 1 is 1.10 bits per heavy atom. The SMILES string of the molecule is O=C(CCC(=O)N1CCc2sccc2C1c1ccc(F)cc1)Nc1ccccc1Cl. The van der Waals surface area contributed by atoms with Gasteiger partial charge in [-0.15, -0.1) is 11.3 Å². The van der Waals surface area contributed by atoms with Crippen molar-refractivity contribution < 1.29 is 14.0 Å². The molecule has 1 unspecified atom stereocenters. The van der Waals surface area contributed by atoms with E-state index in [9.17, 15) is 14.0 Å². The van der Waals surface area contributed by atoms with E-state index < -0.39 is 0 Å². The summed E-state index contributed by atoms with van der Waals surface area (Å²) in [5.74, 6) is -0.673. The van der Waals surface area contributed by atoms with Gasteiger partial charge in [-0.3, -0.25) is 9.59 Å². The average Bonchev–Trinajstić information content (AvgIpc) is 3.22. The Balaban J connectivity index is 1.47. The summed E-state index contributed by atoms with van der Waals surface area (Å²) in [6.07, 6.45) is 0.933. The fraction of sp³-hybridized carbons (Fsp3) is 0.217. The minimum atomic E-state index is -0.311. The Bertz CT molecular complexity index is 1070. The van der Waals surface area contributed by atoms with Gasteiger partial charge in [0.25, 0.3) is 0 Å². The lowest BCUT2D eigenvalue weighted by atomic mass is 9.93. The number of thiophene rings is 1. The van der Waals surface area contributed by atoms with Gasteiger partial charge in [-0.05, 0) is 53.3 Å². The molecule has 0 spiro atoms. The van der Waals surface area contributed by atoms with Gasteiger partial charge in [0, 0.05) is 24.3 Å². The van der Waals surface area contributed by atoms with Gasteiger partial charge >= 0.3 is 0 Å². The number of anilines is 1. The monoisotopic (exact) mass is 442 g/mol. The van der Waals surface area contributed by atoms with Crippen LogP contribution in [0.5, 0.6) is 0 Å². The molecular weight excluding hydrogens is 423 g/mol. The molecule has 1 aromatic heterocycles. The van der Waals surface area contributed by atoms with Crippen LogP contribution in [0.1, 0.15) is 34.9 Å². The lowest BCUT2D eigenvalue weighted by Crippen LogP contribution is -2.40. The standard InChI is InChI=1S/C23H20ClFN2O2S/c24-18-3-1-2-4-19(18)26-21(28)9-10-22(29)27-13-11-20-17(12-14-30-20)23(27)15-5-7-16(25)8-6-15/h1-8,12,14,23H,9-11,13H2,(H,26,28). The number of carbonyl (C=O) groups excluding carboxylic acids is 2. The highest BCUT2D eigenvalue weighted by molar-refractivity contribution is 7.10. The number of hydrogen-bond acceptors (Lipinski definition) is 3. The molecule has 0 bridgehead atoms. The van der Waals surface area contributed by atoms with Gasteiger partial charge in [0.1, 0.15) is 5.82 Å². The molecule has 3 aromatic rings. The van der Waals surface area contributed by atoms with Crippen LogP contribution < -0.4 is 5.32 Å². The van der Waals surface area contributed by atoms with Crippen molar-refractivity contribution in [2.24, 2.45) is 0 Å². The van der Waals surface area contributed by atoms with E-state index in [2.05, 4.69) is 5.32 Å². The van der Waals surface area contributed by atoms with Gasteiger partial charge in [0.05, 0.1) is 16.8 Å². The van der Waals surface area contributed by atoms with Crippen LogP contribution >= 0.6 is 22.9 Å². The topological polar surface area (TPSA) is 49.4 Å². The fourth-order valence-electron chi connectivity index (χ4n) is 3.73. The van der Waals surface area contributed by atoms with Crippen molar-refractivity contribution in [2.45, 2.75) is 25.3 Å². The molecule has 4 nitrogen and oxygen atoms in total. The van der Waals surface area contributed by atoms with Crippen molar-refractivity contribution in [3.8, 4) is 0 Å². The molecule has 0 saturated carbocycles. The summed E-state index contributed by atoms with van der Waals surface area (Å²) >= 11 is 7.75. The Morgan fingerprint density at radius 2 is 1.87 bits per heavy atom. The molecule has 0 fully saturated rings. The van der Waals surface area contributed by atoms with E-state index in [1.165, 1.54) is 17.0 Å². The van der Waals surface area contributed by atoms with Gasteiger partial charge in [-0.2, -0.15) is 0 Å². The molecule has 1 aliphatic heterocycles. The van der Waals surface area contributed by atoms with Gasteiger partial charge in [0.2, 0.25) is 11.8 Å². The molecule has 30 heavy (non-hydrogen) atoms. The highest BCUT2D eigenvalue weighted by atomic mass is 35.5. The van der Waals surface area contributed by atoms with Gasteiger partial charge in [-0.25, -0.2) is 4.39 Å². The third-order valence-electron chi connectivity index (χ3n) is 5.19. The second kappa shape index (κ2) is 8.98. The second-order valence-electron chi connectivity index (χ2n) is 7.12. The Kier molecular flexibility index (Phi) is 6.16. The maximum atomic E-state index is 13.4. The molecule has 2 amide bonds. The van der Waals surface area contributed by atoms with Crippen molar-refractivity contribution >= 4 is 40.4 Å². The molecule has 0 aliphatic carbocycles. The molecule has 1 aliphatic rings. The Hall–Kier alpha value is -2.70. The predicted octanol–water partition coefficient (Wildman–Crippen LogP) is 5.43. The zero-order valence-corrected chi connectivity index (χ0v) is 17.7. The summed E-state index contributed by atoms with van der Waals surface area (Å²) in [4.78, 5) is 28.4. The zero-order valence-electron chi connectivity index (χ0n) is 16.1. The maximum absolute atomic E-state index is 13.4. The fourth-order valence-corrected chi connectivity index (χ4v) is 4.82. The summed E-state index contributed by atoms with van der Waals surface area (Å²) in [6.45, 7) is 0.570. The minimum absolute atomic E-state index is 0.0627. The summed E-state index contributed by atoms with van der Waals surface area (Å²) in [6, 6.07) is 15.0. The van der Waals surface area contributed by atoms with E-state index in [1.807, 2.05) is 11.4 Å².